The van der Waals surface area contributed by atoms with Crippen LogP contribution >= 0.6 is 12.2 Å². The highest BCUT2D eigenvalue weighted by Gasteiger charge is 2.22. The molecule has 1 atom stereocenters. The lowest BCUT2D eigenvalue weighted by Crippen LogP contribution is -2.40. The predicted molar refractivity (Wildman–Crippen MR) is 94.6 cm³/mol. The third kappa shape index (κ3) is 4.17. The monoisotopic (exact) mass is 325 g/mol. The number of alkyl carbamates (subject to hydrolysis) is 1. The van der Waals surface area contributed by atoms with E-state index >= 15 is 0 Å². The summed E-state index contributed by atoms with van der Waals surface area (Å²) in [5, 5.41) is 2.91. The van der Waals surface area contributed by atoms with Crippen LogP contribution in [-0.4, -0.2) is 17.0 Å². The zero-order chi connectivity index (χ0) is 16.1. The highest BCUT2D eigenvalue weighted by atomic mass is 32.1. The van der Waals surface area contributed by atoms with Crippen LogP contribution in [0.1, 0.15) is 23.1 Å². The third-order valence-corrected chi connectivity index (χ3v) is 4.51. The third-order valence-electron chi connectivity index (χ3n) is 4.08. The number of ether oxygens (including phenoxy) is 1. The van der Waals surface area contributed by atoms with Gasteiger partial charge in [-0.2, -0.15) is 0 Å². The number of rotatable bonds is 3. The first-order valence-electron chi connectivity index (χ1n) is 7.79. The number of amides is 1. The Bertz CT molecular complexity index is 700. The Morgan fingerprint density at radius 3 is 2.57 bits per heavy atom. The Hall–Kier alpha value is -2.20. The van der Waals surface area contributed by atoms with Crippen molar-refractivity contribution < 1.29 is 9.53 Å². The molecule has 0 unspecified atom stereocenters. The van der Waals surface area contributed by atoms with Crippen molar-refractivity contribution in [1.82, 2.24) is 5.32 Å². The van der Waals surface area contributed by atoms with Crippen LogP contribution in [0, 0.1) is 0 Å². The molecular weight excluding hydrogens is 306 g/mol. The van der Waals surface area contributed by atoms with Gasteiger partial charge >= 0.3 is 6.09 Å². The fraction of sp³-hybridized carbons (Fsp3) is 0.263. The summed E-state index contributed by atoms with van der Waals surface area (Å²) in [6.07, 6.45) is 2.05. The number of hydrogen-bond acceptors (Lipinski definition) is 3. The molecule has 0 radical (unpaired) electrons. The van der Waals surface area contributed by atoms with E-state index in [4.69, 9.17) is 17.0 Å². The number of fused-ring (bicyclic) bond motifs is 1. The quantitative estimate of drug-likeness (QED) is 0.688. The zero-order valence-corrected chi connectivity index (χ0v) is 13.6. The van der Waals surface area contributed by atoms with E-state index in [1.165, 1.54) is 11.1 Å². The van der Waals surface area contributed by atoms with Crippen molar-refractivity contribution >= 4 is 23.2 Å². The lowest BCUT2D eigenvalue weighted by Gasteiger charge is -2.17. The number of carbonyl (C=O) groups excluding carboxylic acids is 1. The Balaban J connectivity index is 1.56. The van der Waals surface area contributed by atoms with E-state index in [1.54, 1.807) is 0 Å². The number of nitrogens with one attached hydrogen (secondary N) is 1. The van der Waals surface area contributed by atoms with Gasteiger partial charge in [-0.05, 0) is 29.5 Å². The molecule has 0 fully saturated rings. The Morgan fingerprint density at radius 2 is 1.78 bits per heavy atom. The molecule has 0 aromatic heterocycles. The van der Waals surface area contributed by atoms with Crippen LogP contribution in [-0.2, 0) is 24.2 Å². The van der Waals surface area contributed by atoms with Crippen LogP contribution in [0.2, 0.25) is 0 Å². The van der Waals surface area contributed by atoms with E-state index in [9.17, 15) is 4.79 Å². The summed E-state index contributed by atoms with van der Waals surface area (Å²) in [6, 6.07) is 17.9. The maximum atomic E-state index is 12.0. The molecule has 3 rings (SSSR count). The first kappa shape index (κ1) is 15.7. The lowest BCUT2D eigenvalue weighted by atomic mass is 10.0. The average Bonchev–Trinajstić information content (AvgIpc) is 2.73. The van der Waals surface area contributed by atoms with Gasteiger partial charge in [0.15, 0.2) is 0 Å². The summed E-state index contributed by atoms with van der Waals surface area (Å²) < 4.78 is 5.29. The Kier molecular flexibility index (Phi) is 5.03. The molecule has 1 aliphatic carbocycles. The molecule has 3 nitrogen and oxygen atoms in total. The molecule has 0 aliphatic heterocycles. The number of thiocarbonyl (C=S) groups is 1. The highest BCUT2D eigenvalue weighted by molar-refractivity contribution is 7.80. The van der Waals surface area contributed by atoms with Gasteiger partial charge in [-0.15, -0.1) is 0 Å². The van der Waals surface area contributed by atoms with E-state index < -0.39 is 6.09 Å². The summed E-state index contributed by atoms with van der Waals surface area (Å²) >= 11 is 5.52. The Labute approximate surface area is 141 Å². The van der Waals surface area contributed by atoms with Gasteiger partial charge in [0.25, 0.3) is 0 Å². The molecule has 23 heavy (non-hydrogen) atoms. The largest absolute Gasteiger partial charge is 0.445 e. The van der Waals surface area contributed by atoms with Gasteiger partial charge in [-0.25, -0.2) is 4.79 Å². The van der Waals surface area contributed by atoms with Gasteiger partial charge < -0.3 is 10.1 Å². The number of hydrogen-bond donors (Lipinski definition) is 1. The normalized spacial score (nSPS) is 17.0. The first-order valence-corrected chi connectivity index (χ1v) is 8.20. The molecule has 0 bridgehead atoms. The fourth-order valence-electron chi connectivity index (χ4n) is 2.81. The SMILES string of the molecule is O=C(N[C@H]1CCc2ccccc2CC1=S)OCc1ccccc1. The molecule has 1 aliphatic rings. The summed E-state index contributed by atoms with van der Waals surface area (Å²) in [5.41, 5.74) is 3.55. The van der Waals surface area contributed by atoms with Crippen molar-refractivity contribution in [2.24, 2.45) is 0 Å². The number of aryl methyl sites for hydroxylation is 1. The second-order valence-corrected chi connectivity index (χ2v) is 6.23. The van der Waals surface area contributed by atoms with Gasteiger partial charge in [0.2, 0.25) is 0 Å². The summed E-state index contributed by atoms with van der Waals surface area (Å²) in [4.78, 5) is 12.9. The topological polar surface area (TPSA) is 38.3 Å². The molecule has 0 saturated carbocycles. The predicted octanol–water partition coefficient (Wildman–Crippen LogP) is 3.84. The number of benzene rings is 2. The molecule has 2 aromatic carbocycles. The minimum absolute atomic E-state index is 0.110. The van der Waals surface area contributed by atoms with E-state index in [0.29, 0.717) is 0 Å². The van der Waals surface area contributed by atoms with Crippen molar-refractivity contribution in [2.45, 2.75) is 31.9 Å². The van der Waals surface area contributed by atoms with E-state index in [2.05, 4.69) is 17.4 Å². The van der Waals surface area contributed by atoms with Crippen LogP contribution < -0.4 is 5.32 Å². The van der Waals surface area contributed by atoms with Crippen molar-refractivity contribution in [2.75, 3.05) is 0 Å². The molecular formula is C19H19NO2S. The summed E-state index contributed by atoms with van der Waals surface area (Å²) in [5.74, 6) is 0. The van der Waals surface area contributed by atoms with Crippen molar-refractivity contribution in [3.63, 3.8) is 0 Å². The van der Waals surface area contributed by atoms with Gasteiger partial charge in [0.05, 0.1) is 6.04 Å². The first-order chi connectivity index (χ1) is 11.2. The molecule has 4 heteroatoms. The fourth-order valence-corrected chi connectivity index (χ4v) is 3.14. The zero-order valence-electron chi connectivity index (χ0n) is 12.8. The number of carbonyl (C=O) groups is 1. The minimum atomic E-state index is -0.410. The van der Waals surface area contributed by atoms with Gasteiger partial charge in [0, 0.05) is 11.3 Å². The van der Waals surface area contributed by atoms with Crippen molar-refractivity contribution in [1.29, 1.82) is 0 Å². The molecule has 2 aromatic rings. The summed E-state index contributed by atoms with van der Waals surface area (Å²) in [6.45, 7) is 0.270. The van der Waals surface area contributed by atoms with Crippen LogP contribution in [0.25, 0.3) is 0 Å². The van der Waals surface area contributed by atoms with E-state index in [1.807, 2.05) is 42.5 Å². The molecule has 1 N–H and O–H groups in total. The van der Waals surface area contributed by atoms with E-state index in [0.717, 1.165) is 29.7 Å². The van der Waals surface area contributed by atoms with Gasteiger partial charge in [0.1, 0.15) is 6.61 Å². The highest BCUT2D eigenvalue weighted by Crippen LogP contribution is 2.19. The maximum absolute atomic E-state index is 12.0. The van der Waals surface area contributed by atoms with Crippen LogP contribution in [0.3, 0.4) is 0 Å². The smallest absolute Gasteiger partial charge is 0.407 e. The van der Waals surface area contributed by atoms with Gasteiger partial charge in [-0.3, -0.25) is 0 Å². The second-order valence-electron chi connectivity index (χ2n) is 5.71. The second kappa shape index (κ2) is 7.38. The maximum Gasteiger partial charge on any atom is 0.407 e. The molecule has 118 valence electrons. The van der Waals surface area contributed by atoms with Crippen LogP contribution in [0.5, 0.6) is 0 Å². The van der Waals surface area contributed by atoms with E-state index in [-0.39, 0.29) is 12.6 Å². The molecule has 0 heterocycles. The molecule has 1 amide bonds. The molecule has 0 saturated heterocycles. The Morgan fingerprint density at radius 1 is 1.09 bits per heavy atom. The molecule has 0 spiro atoms. The van der Waals surface area contributed by atoms with Crippen molar-refractivity contribution in [3.05, 3.63) is 71.3 Å². The summed E-state index contributed by atoms with van der Waals surface area (Å²) in [7, 11) is 0. The standard InChI is InChI=1S/C19H19NO2S/c21-19(22-13-14-6-2-1-3-7-14)20-17-11-10-15-8-4-5-9-16(15)12-18(17)23/h1-9,17H,10-13H2,(H,20,21)/t17-/m0/s1. The van der Waals surface area contributed by atoms with Crippen LogP contribution in [0.15, 0.2) is 54.6 Å². The van der Waals surface area contributed by atoms with Gasteiger partial charge in [-0.1, -0.05) is 66.8 Å². The van der Waals surface area contributed by atoms with Crippen molar-refractivity contribution in [3.8, 4) is 0 Å². The lowest BCUT2D eigenvalue weighted by molar-refractivity contribution is 0.138. The van der Waals surface area contributed by atoms with Crippen LogP contribution in [0.4, 0.5) is 4.79 Å². The minimum Gasteiger partial charge on any atom is -0.445 e. The average molecular weight is 325 g/mol.